The Bertz CT molecular complexity index is 1040. The van der Waals surface area contributed by atoms with E-state index in [-0.39, 0.29) is 5.95 Å². The fourth-order valence-electron chi connectivity index (χ4n) is 2.69. The molecule has 22 heavy (non-hydrogen) atoms. The second kappa shape index (κ2) is 4.57. The molecule has 0 saturated heterocycles. The zero-order chi connectivity index (χ0) is 15.1. The molecule has 2 aromatic carbocycles. The van der Waals surface area contributed by atoms with Crippen LogP contribution in [0, 0.1) is 11.3 Å². The second-order valence-corrected chi connectivity index (χ2v) is 5.02. The molecule has 5 nitrogen and oxygen atoms in total. The molecule has 4 rings (SSSR count). The second-order valence-electron chi connectivity index (χ2n) is 5.02. The Kier molecular flexibility index (Phi) is 2.57. The minimum Gasteiger partial charge on any atom is -0.368 e. The number of nitrogens with zero attached hydrogens (tertiary/aromatic N) is 3. The number of nitrogens with one attached hydrogen (secondary N) is 1. The molecule has 3 N–H and O–H groups in total. The Morgan fingerprint density at radius 3 is 2.64 bits per heavy atom. The minimum atomic E-state index is 0.221. The van der Waals surface area contributed by atoms with Crippen LogP contribution in [0.3, 0.4) is 0 Å². The van der Waals surface area contributed by atoms with Crippen molar-refractivity contribution < 1.29 is 0 Å². The Balaban J connectivity index is 2.17. The number of rotatable bonds is 1. The van der Waals surface area contributed by atoms with Crippen molar-refractivity contribution in [2.75, 3.05) is 5.73 Å². The van der Waals surface area contributed by atoms with Gasteiger partial charge in [0.25, 0.3) is 0 Å². The molecule has 0 aliphatic heterocycles. The topological polar surface area (TPSA) is 91.4 Å². The van der Waals surface area contributed by atoms with Crippen LogP contribution in [-0.2, 0) is 0 Å². The summed E-state index contributed by atoms with van der Waals surface area (Å²) in [5.74, 6) is 0.221. The lowest BCUT2D eigenvalue weighted by Crippen LogP contribution is -1.97. The highest BCUT2D eigenvalue weighted by atomic mass is 15.0. The quantitative estimate of drug-likeness (QED) is 0.561. The molecule has 0 atom stereocenters. The molecule has 5 heteroatoms. The first kappa shape index (κ1) is 12.4. The first-order chi connectivity index (χ1) is 10.8. The number of anilines is 1. The zero-order valence-electron chi connectivity index (χ0n) is 11.5. The van der Waals surface area contributed by atoms with Gasteiger partial charge in [-0.1, -0.05) is 30.3 Å². The molecule has 0 saturated carbocycles. The molecule has 0 bridgehead atoms. The summed E-state index contributed by atoms with van der Waals surface area (Å²) in [5, 5.41) is 10.9. The van der Waals surface area contributed by atoms with Crippen LogP contribution in [0.15, 0.2) is 48.5 Å². The molecule has 0 fully saturated rings. The van der Waals surface area contributed by atoms with Crippen LogP contribution in [0.2, 0.25) is 0 Å². The van der Waals surface area contributed by atoms with E-state index in [0.29, 0.717) is 11.2 Å². The van der Waals surface area contributed by atoms with Gasteiger partial charge >= 0.3 is 0 Å². The molecule has 0 radical (unpaired) electrons. The first-order valence-corrected chi connectivity index (χ1v) is 6.81. The van der Waals surface area contributed by atoms with Gasteiger partial charge in [0, 0.05) is 16.5 Å². The predicted molar refractivity (Wildman–Crippen MR) is 86.0 cm³/mol. The van der Waals surface area contributed by atoms with Crippen LogP contribution in [0.1, 0.15) is 5.56 Å². The van der Waals surface area contributed by atoms with Crippen molar-refractivity contribution in [2.24, 2.45) is 0 Å². The molecule has 0 unspecified atom stereocenters. The van der Waals surface area contributed by atoms with Crippen LogP contribution < -0.4 is 5.73 Å². The fraction of sp³-hybridized carbons (Fsp3) is 0. The van der Waals surface area contributed by atoms with Crippen molar-refractivity contribution in [3.8, 4) is 17.3 Å². The summed E-state index contributed by atoms with van der Waals surface area (Å²) in [5.41, 5.74) is 9.76. The Labute approximate surface area is 126 Å². The van der Waals surface area contributed by atoms with E-state index in [2.05, 4.69) is 21.0 Å². The van der Waals surface area contributed by atoms with Crippen LogP contribution in [0.5, 0.6) is 0 Å². The normalized spacial score (nSPS) is 10.9. The lowest BCUT2D eigenvalue weighted by atomic mass is 10.1. The van der Waals surface area contributed by atoms with Gasteiger partial charge in [0.2, 0.25) is 5.95 Å². The first-order valence-electron chi connectivity index (χ1n) is 6.81. The maximum absolute atomic E-state index is 9.13. The van der Waals surface area contributed by atoms with Crippen molar-refractivity contribution in [3.63, 3.8) is 0 Å². The average Bonchev–Trinajstić information content (AvgIpc) is 2.91. The number of benzene rings is 2. The third-order valence-electron chi connectivity index (χ3n) is 3.64. The summed E-state index contributed by atoms with van der Waals surface area (Å²) in [6, 6.07) is 17.5. The van der Waals surface area contributed by atoms with Crippen molar-refractivity contribution in [3.05, 3.63) is 54.1 Å². The summed E-state index contributed by atoms with van der Waals surface area (Å²) in [6.45, 7) is 0. The number of nitrogens with two attached hydrogens (primary N) is 1. The van der Waals surface area contributed by atoms with E-state index in [1.165, 1.54) is 0 Å². The van der Waals surface area contributed by atoms with Gasteiger partial charge in [-0.25, -0.2) is 4.98 Å². The van der Waals surface area contributed by atoms with Crippen LogP contribution >= 0.6 is 0 Å². The number of aromatic nitrogens is 3. The Morgan fingerprint density at radius 1 is 1.05 bits per heavy atom. The van der Waals surface area contributed by atoms with Crippen molar-refractivity contribution in [2.45, 2.75) is 0 Å². The van der Waals surface area contributed by atoms with Gasteiger partial charge in [0.15, 0.2) is 0 Å². The highest BCUT2D eigenvalue weighted by Crippen LogP contribution is 2.33. The van der Waals surface area contributed by atoms with E-state index >= 15 is 0 Å². The maximum atomic E-state index is 9.13. The third kappa shape index (κ3) is 1.79. The van der Waals surface area contributed by atoms with E-state index < -0.39 is 0 Å². The SMILES string of the molecule is N#Cc1ccc2[nH]c3nc(N)nc(-c4ccccc4)c3c2c1. The van der Waals surface area contributed by atoms with E-state index in [1.807, 2.05) is 42.5 Å². The Morgan fingerprint density at radius 2 is 1.86 bits per heavy atom. The molecule has 104 valence electrons. The average molecular weight is 285 g/mol. The lowest BCUT2D eigenvalue weighted by Gasteiger charge is -2.04. The van der Waals surface area contributed by atoms with Gasteiger partial charge in [0.1, 0.15) is 5.65 Å². The number of hydrogen-bond donors (Lipinski definition) is 2. The highest BCUT2D eigenvalue weighted by molar-refractivity contribution is 6.12. The molecule has 0 aliphatic carbocycles. The van der Waals surface area contributed by atoms with Gasteiger partial charge in [-0.2, -0.15) is 10.2 Å². The molecule has 2 heterocycles. The van der Waals surface area contributed by atoms with Gasteiger partial charge in [-0.05, 0) is 18.2 Å². The largest absolute Gasteiger partial charge is 0.368 e. The summed E-state index contributed by atoms with van der Waals surface area (Å²) in [7, 11) is 0. The van der Waals surface area contributed by atoms with Gasteiger partial charge in [0.05, 0.1) is 22.7 Å². The van der Waals surface area contributed by atoms with Crippen molar-refractivity contribution in [1.82, 2.24) is 15.0 Å². The number of H-pyrrole nitrogens is 1. The predicted octanol–water partition coefficient (Wildman–Crippen LogP) is 3.23. The van der Waals surface area contributed by atoms with E-state index in [1.54, 1.807) is 6.07 Å². The third-order valence-corrected chi connectivity index (χ3v) is 3.64. The van der Waals surface area contributed by atoms with Gasteiger partial charge in [-0.3, -0.25) is 0 Å². The number of aromatic amines is 1. The van der Waals surface area contributed by atoms with Gasteiger partial charge < -0.3 is 10.7 Å². The highest BCUT2D eigenvalue weighted by Gasteiger charge is 2.14. The number of nitriles is 1. The van der Waals surface area contributed by atoms with Crippen LogP contribution in [0.4, 0.5) is 5.95 Å². The fourth-order valence-corrected chi connectivity index (χ4v) is 2.69. The van der Waals surface area contributed by atoms with Crippen LogP contribution in [-0.4, -0.2) is 15.0 Å². The van der Waals surface area contributed by atoms with Gasteiger partial charge in [-0.15, -0.1) is 0 Å². The summed E-state index contributed by atoms with van der Waals surface area (Å²) < 4.78 is 0. The number of nitrogen functional groups attached to an aromatic ring is 1. The molecule has 0 amide bonds. The standard InChI is InChI=1S/C17H11N5/c18-9-10-6-7-13-12(8-10)14-15(11-4-2-1-3-5-11)21-17(19)22-16(14)20-13/h1-8H,(H3,19,20,21,22). The monoisotopic (exact) mass is 285 g/mol. The van der Waals surface area contributed by atoms with E-state index in [9.17, 15) is 0 Å². The molecule has 0 spiro atoms. The number of fused-ring (bicyclic) bond motifs is 3. The summed E-state index contributed by atoms with van der Waals surface area (Å²) in [6.07, 6.45) is 0. The smallest absolute Gasteiger partial charge is 0.222 e. The van der Waals surface area contributed by atoms with Crippen molar-refractivity contribution >= 4 is 27.9 Å². The molecular formula is C17H11N5. The summed E-state index contributed by atoms with van der Waals surface area (Å²) >= 11 is 0. The maximum Gasteiger partial charge on any atom is 0.222 e. The van der Waals surface area contributed by atoms with E-state index in [4.69, 9.17) is 11.0 Å². The Hall–Kier alpha value is -3.39. The molecular weight excluding hydrogens is 274 g/mol. The van der Waals surface area contributed by atoms with E-state index in [0.717, 1.165) is 27.5 Å². The van der Waals surface area contributed by atoms with Crippen LogP contribution in [0.25, 0.3) is 33.2 Å². The minimum absolute atomic E-state index is 0.221. The lowest BCUT2D eigenvalue weighted by molar-refractivity contribution is 1.22. The molecule has 2 aromatic heterocycles. The summed E-state index contributed by atoms with van der Waals surface area (Å²) in [4.78, 5) is 11.9. The zero-order valence-corrected chi connectivity index (χ0v) is 11.5. The number of hydrogen-bond acceptors (Lipinski definition) is 4. The molecule has 4 aromatic rings. The van der Waals surface area contributed by atoms with Crippen molar-refractivity contribution in [1.29, 1.82) is 5.26 Å². The molecule has 0 aliphatic rings.